The van der Waals surface area contributed by atoms with Crippen molar-refractivity contribution in [3.8, 4) is 0 Å². The van der Waals surface area contributed by atoms with Crippen LogP contribution in [0.1, 0.15) is 13.8 Å². The number of benzene rings is 1. The highest BCUT2D eigenvalue weighted by Gasteiger charge is 2.17. The smallest absolute Gasteiger partial charge is 0.279 e. The minimum atomic E-state index is -0.398. The van der Waals surface area contributed by atoms with Crippen LogP contribution in [0.15, 0.2) is 24.3 Å². The maximum atomic E-state index is 13.0. The quantitative estimate of drug-likeness (QED) is 0.752. The molecule has 1 aromatic rings. The van der Waals surface area contributed by atoms with Gasteiger partial charge in [-0.05, 0) is 32.0 Å². The van der Waals surface area contributed by atoms with Crippen LogP contribution in [0.2, 0.25) is 0 Å². The first-order valence-corrected chi connectivity index (χ1v) is 7.10. The van der Waals surface area contributed by atoms with Gasteiger partial charge in [-0.3, -0.25) is 9.59 Å². The minimum absolute atomic E-state index is 0.0241. The molecule has 0 aromatic heterocycles. The maximum Gasteiger partial charge on any atom is 0.279 e. The van der Waals surface area contributed by atoms with Gasteiger partial charge < -0.3 is 15.1 Å². The third kappa shape index (κ3) is 5.91. The van der Waals surface area contributed by atoms with Crippen molar-refractivity contribution in [2.75, 3.05) is 38.5 Å². The van der Waals surface area contributed by atoms with Gasteiger partial charge in [-0.25, -0.2) is 4.39 Å². The van der Waals surface area contributed by atoms with Crippen molar-refractivity contribution < 1.29 is 18.9 Å². The summed E-state index contributed by atoms with van der Waals surface area (Å²) < 4.78 is 13.0. The van der Waals surface area contributed by atoms with E-state index in [2.05, 4.69) is 5.32 Å². The number of quaternary nitrogens is 1. The molecular weight excluding hydrogens is 273 g/mol. The fourth-order valence-electron chi connectivity index (χ4n) is 2.05. The van der Waals surface area contributed by atoms with Gasteiger partial charge in [0.1, 0.15) is 5.82 Å². The van der Waals surface area contributed by atoms with Gasteiger partial charge in [0.05, 0.1) is 7.05 Å². The van der Waals surface area contributed by atoms with Gasteiger partial charge in [0, 0.05) is 18.8 Å². The van der Waals surface area contributed by atoms with Crippen LogP contribution >= 0.6 is 0 Å². The molecule has 0 spiro atoms. The lowest BCUT2D eigenvalue weighted by atomic mass is 10.3. The molecule has 116 valence electrons. The van der Waals surface area contributed by atoms with E-state index in [0.717, 1.165) is 4.90 Å². The maximum absolute atomic E-state index is 13.0. The predicted molar refractivity (Wildman–Crippen MR) is 79.6 cm³/mol. The molecule has 0 saturated carbocycles. The lowest BCUT2D eigenvalue weighted by molar-refractivity contribution is -0.862. The molecule has 0 heterocycles. The molecule has 1 aromatic carbocycles. The number of rotatable bonds is 7. The summed E-state index contributed by atoms with van der Waals surface area (Å²) in [5.41, 5.74) is 0.419. The van der Waals surface area contributed by atoms with Crippen molar-refractivity contribution in [3.05, 3.63) is 30.1 Å². The van der Waals surface area contributed by atoms with E-state index in [9.17, 15) is 14.0 Å². The molecule has 0 aliphatic carbocycles. The standard InChI is InChI=1S/C15H22FN3O2/c1-4-19(5-2)15(21)11-18(3)10-14(20)17-13-8-6-7-12(16)9-13/h6-9H,4-5,10-11H2,1-3H3,(H,17,20)/p+1. The van der Waals surface area contributed by atoms with Crippen LogP contribution in [-0.4, -0.2) is 49.9 Å². The van der Waals surface area contributed by atoms with Crippen molar-refractivity contribution in [1.82, 2.24) is 4.90 Å². The number of nitrogens with one attached hydrogen (secondary N) is 2. The monoisotopic (exact) mass is 296 g/mol. The Bertz CT molecular complexity index is 490. The van der Waals surface area contributed by atoms with Crippen LogP contribution in [0, 0.1) is 5.82 Å². The van der Waals surface area contributed by atoms with Gasteiger partial charge in [-0.2, -0.15) is 0 Å². The topological polar surface area (TPSA) is 53.9 Å². The zero-order valence-electron chi connectivity index (χ0n) is 12.8. The Morgan fingerprint density at radius 3 is 2.48 bits per heavy atom. The summed E-state index contributed by atoms with van der Waals surface area (Å²) in [4.78, 5) is 26.3. The summed E-state index contributed by atoms with van der Waals surface area (Å²) in [7, 11) is 1.78. The van der Waals surface area contributed by atoms with Crippen molar-refractivity contribution in [1.29, 1.82) is 0 Å². The molecule has 21 heavy (non-hydrogen) atoms. The van der Waals surface area contributed by atoms with Gasteiger partial charge >= 0.3 is 0 Å². The van der Waals surface area contributed by atoms with Crippen LogP contribution in [0.25, 0.3) is 0 Å². The molecule has 0 aliphatic heterocycles. The highest BCUT2D eigenvalue weighted by atomic mass is 19.1. The highest BCUT2D eigenvalue weighted by Crippen LogP contribution is 2.08. The number of carbonyl (C=O) groups excluding carboxylic acids is 2. The lowest BCUT2D eigenvalue weighted by Crippen LogP contribution is -3.11. The van der Waals surface area contributed by atoms with Gasteiger partial charge in [0.15, 0.2) is 13.1 Å². The predicted octanol–water partition coefficient (Wildman–Crippen LogP) is 0.147. The average molecular weight is 296 g/mol. The Labute approximate surface area is 124 Å². The molecule has 2 amide bonds. The summed E-state index contributed by atoms with van der Waals surface area (Å²) in [6.07, 6.45) is 0. The van der Waals surface area contributed by atoms with E-state index in [0.29, 0.717) is 18.8 Å². The van der Waals surface area contributed by atoms with E-state index < -0.39 is 5.82 Å². The van der Waals surface area contributed by atoms with Crippen LogP contribution < -0.4 is 10.2 Å². The first-order chi connectivity index (χ1) is 9.96. The molecule has 1 unspecified atom stereocenters. The average Bonchev–Trinajstić information content (AvgIpc) is 2.39. The molecule has 2 N–H and O–H groups in total. The fourth-order valence-corrected chi connectivity index (χ4v) is 2.05. The van der Waals surface area contributed by atoms with E-state index in [4.69, 9.17) is 0 Å². The Balaban J connectivity index is 2.45. The second-order valence-corrected chi connectivity index (χ2v) is 4.94. The number of carbonyl (C=O) groups is 2. The number of halogens is 1. The normalized spacial score (nSPS) is 11.8. The highest BCUT2D eigenvalue weighted by molar-refractivity contribution is 5.91. The number of hydrogen-bond donors (Lipinski definition) is 2. The van der Waals surface area contributed by atoms with Crippen molar-refractivity contribution in [3.63, 3.8) is 0 Å². The van der Waals surface area contributed by atoms with E-state index >= 15 is 0 Å². The molecule has 5 nitrogen and oxygen atoms in total. The third-order valence-electron chi connectivity index (χ3n) is 3.14. The number of hydrogen-bond acceptors (Lipinski definition) is 2. The summed E-state index contributed by atoms with van der Waals surface area (Å²) in [5.74, 6) is -0.619. The van der Waals surface area contributed by atoms with Crippen molar-refractivity contribution in [2.24, 2.45) is 0 Å². The molecule has 1 rings (SSSR count). The molecule has 0 saturated heterocycles. The van der Waals surface area contributed by atoms with Crippen LogP contribution in [0.4, 0.5) is 10.1 Å². The SMILES string of the molecule is CCN(CC)C(=O)C[NH+](C)CC(=O)Nc1cccc(F)c1. The Kier molecular flexibility index (Phi) is 6.81. The molecule has 1 atom stereocenters. The van der Waals surface area contributed by atoms with Crippen LogP contribution in [-0.2, 0) is 9.59 Å². The van der Waals surface area contributed by atoms with E-state index in [1.807, 2.05) is 13.8 Å². The molecular formula is C15H23FN3O2+. The zero-order valence-corrected chi connectivity index (χ0v) is 12.8. The zero-order chi connectivity index (χ0) is 15.8. The first-order valence-electron chi connectivity index (χ1n) is 7.10. The molecule has 0 bridgehead atoms. The third-order valence-corrected chi connectivity index (χ3v) is 3.14. The van der Waals surface area contributed by atoms with E-state index in [1.165, 1.54) is 18.2 Å². The van der Waals surface area contributed by atoms with Crippen LogP contribution in [0.5, 0.6) is 0 Å². The Morgan fingerprint density at radius 1 is 1.24 bits per heavy atom. The summed E-state index contributed by atoms with van der Waals surface area (Å²) in [6, 6.07) is 5.73. The number of likely N-dealkylation sites (N-methyl/N-ethyl adjacent to an activating group) is 2. The second-order valence-electron chi connectivity index (χ2n) is 4.94. The van der Waals surface area contributed by atoms with Gasteiger partial charge in [-0.15, -0.1) is 0 Å². The van der Waals surface area contributed by atoms with Gasteiger partial charge in [0.2, 0.25) is 0 Å². The second kappa shape index (κ2) is 8.36. The number of anilines is 1. The van der Waals surface area contributed by atoms with E-state index in [1.54, 1.807) is 18.0 Å². The lowest BCUT2D eigenvalue weighted by Gasteiger charge is -2.20. The molecule has 6 heteroatoms. The van der Waals surface area contributed by atoms with Gasteiger partial charge in [-0.1, -0.05) is 6.07 Å². The Hall–Kier alpha value is -1.95. The van der Waals surface area contributed by atoms with Crippen molar-refractivity contribution in [2.45, 2.75) is 13.8 Å². The minimum Gasteiger partial charge on any atom is -0.338 e. The Morgan fingerprint density at radius 2 is 1.90 bits per heavy atom. The first kappa shape index (κ1) is 17.1. The summed E-state index contributed by atoms with van der Waals surface area (Å²) >= 11 is 0. The molecule has 0 radical (unpaired) electrons. The summed E-state index contributed by atoms with van der Waals surface area (Å²) in [6.45, 7) is 5.60. The largest absolute Gasteiger partial charge is 0.338 e. The number of amides is 2. The fraction of sp³-hybridized carbons (Fsp3) is 0.467. The van der Waals surface area contributed by atoms with Crippen molar-refractivity contribution >= 4 is 17.5 Å². The van der Waals surface area contributed by atoms with E-state index in [-0.39, 0.29) is 24.9 Å². The number of nitrogens with zero attached hydrogens (tertiary/aromatic N) is 1. The van der Waals surface area contributed by atoms with Crippen LogP contribution in [0.3, 0.4) is 0 Å². The molecule has 0 fully saturated rings. The molecule has 0 aliphatic rings. The summed E-state index contributed by atoms with van der Waals surface area (Å²) in [5, 5.41) is 2.62. The van der Waals surface area contributed by atoms with Gasteiger partial charge in [0.25, 0.3) is 11.8 Å².